The van der Waals surface area contributed by atoms with Gasteiger partial charge in [-0.1, -0.05) is 17.6 Å². The number of rotatable bonds is 2. The lowest BCUT2D eigenvalue weighted by Gasteiger charge is -2.35. The normalized spacial score (nSPS) is 27.4. The van der Waals surface area contributed by atoms with Crippen molar-refractivity contribution in [3.63, 3.8) is 0 Å². The molecule has 7 nitrogen and oxygen atoms in total. The molecule has 7 heteroatoms. The smallest absolute Gasteiger partial charge is 0.296 e. The van der Waals surface area contributed by atoms with E-state index in [0.29, 0.717) is 22.8 Å². The second-order valence-electron chi connectivity index (χ2n) is 7.28. The molecular formula is C20H19N3O4. The average Bonchev–Trinajstić information content (AvgIpc) is 3.24. The molecule has 27 heavy (non-hydrogen) atoms. The van der Waals surface area contributed by atoms with Crippen molar-refractivity contribution in [2.45, 2.75) is 44.8 Å². The number of aromatic nitrogens is 2. The van der Waals surface area contributed by atoms with Crippen molar-refractivity contribution >= 4 is 17.5 Å². The first kappa shape index (κ1) is 16.2. The molecule has 0 N–H and O–H groups in total. The largest absolute Gasteiger partial charge is 0.483 e. The Bertz CT molecular complexity index is 949. The Morgan fingerprint density at radius 1 is 1.19 bits per heavy atom. The number of aryl methyl sites for hydroxylation is 1. The number of amides is 1. The van der Waals surface area contributed by atoms with Gasteiger partial charge in [-0.2, -0.15) is 0 Å². The SMILES string of the molecule is Cc1cc(N2C(=O)C3=C(C(=O)C4CCCCC4O3)C2c2ccccn2)no1. The van der Waals surface area contributed by atoms with Gasteiger partial charge in [0.25, 0.3) is 5.91 Å². The molecule has 2 aliphatic heterocycles. The Morgan fingerprint density at radius 2 is 2.04 bits per heavy atom. The zero-order valence-corrected chi connectivity index (χ0v) is 14.9. The summed E-state index contributed by atoms with van der Waals surface area (Å²) in [5.74, 6) is 0.569. The second-order valence-corrected chi connectivity index (χ2v) is 7.28. The standard InChI is InChI=1S/C20H19N3O4/c1-11-10-15(22-27-11)23-17(13-7-4-5-9-21-13)16-18(24)12-6-2-3-8-14(12)26-19(16)20(23)25/h4-5,7,9-10,12,14,17H,2-3,6,8H2,1H3. The maximum absolute atomic E-state index is 13.4. The number of pyridine rings is 1. The van der Waals surface area contributed by atoms with Gasteiger partial charge < -0.3 is 9.26 Å². The molecule has 3 atom stereocenters. The molecule has 3 aliphatic rings. The summed E-state index contributed by atoms with van der Waals surface area (Å²) < 4.78 is 11.3. The van der Waals surface area contributed by atoms with Crippen LogP contribution in [0.4, 0.5) is 5.82 Å². The van der Waals surface area contributed by atoms with E-state index in [4.69, 9.17) is 9.26 Å². The highest BCUT2D eigenvalue weighted by Gasteiger charge is 2.53. The number of carbonyl (C=O) groups excluding carboxylic acids is 2. The Balaban J connectivity index is 1.66. The average molecular weight is 365 g/mol. The summed E-state index contributed by atoms with van der Waals surface area (Å²) >= 11 is 0. The van der Waals surface area contributed by atoms with Gasteiger partial charge in [-0.25, -0.2) is 0 Å². The molecule has 1 saturated carbocycles. The van der Waals surface area contributed by atoms with Crippen LogP contribution >= 0.6 is 0 Å². The van der Waals surface area contributed by atoms with E-state index in [1.165, 1.54) is 4.90 Å². The van der Waals surface area contributed by atoms with E-state index in [9.17, 15) is 9.59 Å². The van der Waals surface area contributed by atoms with Gasteiger partial charge in [0.05, 0.1) is 17.2 Å². The highest BCUT2D eigenvalue weighted by atomic mass is 16.5. The Morgan fingerprint density at radius 3 is 2.78 bits per heavy atom. The van der Waals surface area contributed by atoms with Crippen molar-refractivity contribution in [3.8, 4) is 0 Å². The molecule has 0 aromatic carbocycles. The lowest BCUT2D eigenvalue weighted by molar-refractivity contribution is -0.131. The summed E-state index contributed by atoms with van der Waals surface area (Å²) in [4.78, 5) is 32.5. The molecule has 3 unspecified atom stereocenters. The third kappa shape index (κ3) is 2.41. The number of Topliss-reactive ketones (excluding diaryl/α,β-unsaturated/α-hetero) is 1. The monoisotopic (exact) mass is 365 g/mol. The van der Waals surface area contributed by atoms with Crippen LogP contribution in [0.25, 0.3) is 0 Å². The highest BCUT2D eigenvalue weighted by Crippen LogP contribution is 2.47. The molecule has 1 aliphatic carbocycles. The number of hydrogen-bond donors (Lipinski definition) is 0. The first-order valence-electron chi connectivity index (χ1n) is 9.28. The van der Waals surface area contributed by atoms with Crippen LogP contribution in [0.5, 0.6) is 0 Å². The van der Waals surface area contributed by atoms with E-state index < -0.39 is 6.04 Å². The van der Waals surface area contributed by atoms with Crippen molar-refractivity contribution in [3.05, 3.63) is 53.2 Å². The Kier molecular flexibility index (Phi) is 3.63. The van der Waals surface area contributed by atoms with Crippen LogP contribution in [0, 0.1) is 12.8 Å². The zero-order chi connectivity index (χ0) is 18.5. The molecule has 2 aromatic heterocycles. The van der Waals surface area contributed by atoms with Crippen molar-refractivity contribution in [1.29, 1.82) is 0 Å². The Labute approximate surface area is 156 Å². The van der Waals surface area contributed by atoms with Crippen LogP contribution < -0.4 is 4.90 Å². The number of anilines is 1. The fourth-order valence-electron chi connectivity index (χ4n) is 4.37. The predicted octanol–water partition coefficient (Wildman–Crippen LogP) is 2.88. The fourth-order valence-corrected chi connectivity index (χ4v) is 4.37. The maximum Gasteiger partial charge on any atom is 0.296 e. The summed E-state index contributed by atoms with van der Waals surface area (Å²) in [6.07, 6.45) is 5.07. The molecule has 0 saturated heterocycles. The number of hydrogen-bond acceptors (Lipinski definition) is 6. The summed E-state index contributed by atoms with van der Waals surface area (Å²) in [6.45, 7) is 1.76. The third-order valence-corrected chi connectivity index (χ3v) is 5.59. The number of carbonyl (C=O) groups is 2. The minimum atomic E-state index is -0.645. The predicted molar refractivity (Wildman–Crippen MR) is 94.6 cm³/mol. The highest BCUT2D eigenvalue weighted by molar-refractivity contribution is 6.17. The van der Waals surface area contributed by atoms with Gasteiger partial charge >= 0.3 is 0 Å². The topological polar surface area (TPSA) is 85.5 Å². The van der Waals surface area contributed by atoms with E-state index in [2.05, 4.69) is 10.1 Å². The van der Waals surface area contributed by atoms with Crippen LogP contribution in [-0.2, 0) is 14.3 Å². The number of ether oxygens (including phenoxy) is 1. The molecule has 0 spiro atoms. The minimum absolute atomic E-state index is 0.00710. The maximum atomic E-state index is 13.4. The fraction of sp³-hybridized carbons (Fsp3) is 0.400. The summed E-state index contributed by atoms with van der Waals surface area (Å²) in [7, 11) is 0. The number of fused-ring (bicyclic) bond motifs is 1. The van der Waals surface area contributed by atoms with E-state index in [1.807, 2.05) is 12.1 Å². The summed E-state index contributed by atoms with van der Waals surface area (Å²) in [5.41, 5.74) is 1.02. The lowest BCUT2D eigenvalue weighted by Crippen LogP contribution is -2.39. The first-order valence-corrected chi connectivity index (χ1v) is 9.28. The number of nitrogens with zero attached hydrogens (tertiary/aromatic N) is 3. The van der Waals surface area contributed by atoms with Crippen LogP contribution in [-0.4, -0.2) is 27.9 Å². The van der Waals surface area contributed by atoms with Crippen molar-refractivity contribution < 1.29 is 18.8 Å². The van der Waals surface area contributed by atoms with Crippen molar-refractivity contribution in [2.75, 3.05) is 4.90 Å². The van der Waals surface area contributed by atoms with Gasteiger partial charge in [0.1, 0.15) is 17.9 Å². The third-order valence-electron chi connectivity index (χ3n) is 5.59. The van der Waals surface area contributed by atoms with Crippen LogP contribution in [0.15, 0.2) is 46.3 Å². The number of ketones is 1. The molecule has 5 rings (SSSR count). The molecule has 0 radical (unpaired) electrons. The van der Waals surface area contributed by atoms with Gasteiger partial charge in [0.15, 0.2) is 17.4 Å². The van der Waals surface area contributed by atoms with Crippen molar-refractivity contribution in [2.24, 2.45) is 5.92 Å². The van der Waals surface area contributed by atoms with Crippen LogP contribution in [0.2, 0.25) is 0 Å². The molecule has 4 heterocycles. The van der Waals surface area contributed by atoms with Gasteiger partial charge in [-0.05, 0) is 38.3 Å². The van der Waals surface area contributed by atoms with Crippen molar-refractivity contribution in [1.82, 2.24) is 10.1 Å². The van der Waals surface area contributed by atoms with Crippen LogP contribution in [0.3, 0.4) is 0 Å². The molecule has 138 valence electrons. The second kappa shape index (κ2) is 6.04. The van der Waals surface area contributed by atoms with Gasteiger partial charge in [-0.3, -0.25) is 19.5 Å². The van der Waals surface area contributed by atoms with Gasteiger partial charge in [0, 0.05) is 12.3 Å². The van der Waals surface area contributed by atoms with E-state index >= 15 is 0 Å². The zero-order valence-electron chi connectivity index (χ0n) is 14.9. The van der Waals surface area contributed by atoms with Gasteiger partial charge in [0.2, 0.25) is 0 Å². The molecular weight excluding hydrogens is 346 g/mol. The Hall–Kier alpha value is -2.96. The van der Waals surface area contributed by atoms with E-state index in [0.717, 1.165) is 25.7 Å². The van der Waals surface area contributed by atoms with E-state index in [-0.39, 0.29) is 29.5 Å². The molecule has 2 aromatic rings. The van der Waals surface area contributed by atoms with Crippen LogP contribution in [0.1, 0.15) is 43.2 Å². The van der Waals surface area contributed by atoms with Gasteiger partial charge in [-0.15, -0.1) is 0 Å². The summed E-state index contributed by atoms with van der Waals surface area (Å²) in [5, 5.41) is 4.01. The molecule has 0 bridgehead atoms. The molecule has 1 amide bonds. The lowest BCUT2D eigenvalue weighted by atomic mass is 9.78. The first-order chi connectivity index (χ1) is 13.1. The summed E-state index contributed by atoms with van der Waals surface area (Å²) in [6, 6.07) is 6.50. The minimum Gasteiger partial charge on any atom is -0.483 e. The molecule has 1 fully saturated rings. The quantitative estimate of drug-likeness (QED) is 0.813. The van der Waals surface area contributed by atoms with E-state index in [1.54, 1.807) is 25.3 Å².